The van der Waals surface area contributed by atoms with Crippen LogP contribution in [-0.2, 0) is 13.5 Å². The van der Waals surface area contributed by atoms with Crippen molar-refractivity contribution in [1.29, 1.82) is 0 Å². The van der Waals surface area contributed by atoms with Crippen molar-refractivity contribution in [2.45, 2.75) is 19.8 Å². The minimum absolute atomic E-state index is 0.191. The number of anilines is 1. The first kappa shape index (κ1) is 12.3. The van der Waals surface area contributed by atoms with E-state index in [-0.39, 0.29) is 5.91 Å². The molecule has 0 radical (unpaired) electrons. The van der Waals surface area contributed by atoms with Crippen LogP contribution in [0.25, 0.3) is 0 Å². The molecule has 2 aromatic heterocycles. The second-order valence-electron chi connectivity index (χ2n) is 4.12. The summed E-state index contributed by atoms with van der Waals surface area (Å²) >= 11 is 0. The lowest BCUT2D eigenvalue weighted by Gasteiger charge is -2.04. The van der Waals surface area contributed by atoms with E-state index in [4.69, 9.17) is 0 Å². The highest BCUT2D eigenvalue weighted by atomic mass is 16.1. The van der Waals surface area contributed by atoms with Crippen molar-refractivity contribution in [3.05, 3.63) is 41.9 Å². The molecule has 0 aliphatic rings. The van der Waals surface area contributed by atoms with Crippen molar-refractivity contribution in [2.75, 3.05) is 5.32 Å². The summed E-state index contributed by atoms with van der Waals surface area (Å²) in [6.45, 7) is 2.10. The van der Waals surface area contributed by atoms with Gasteiger partial charge >= 0.3 is 0 Å². The highest BCUT2D eigenvalue weighted by molar-refractivity contribution is 6.03. The van der Waals surface area contributed by atoms with Gasteiger partial charge in [-0.15, -0.1) is 0 Å². The average Bonchev–Trinajstić information content (AvgIpc) is 2.77. The van der Waals surface area contributed by atoms with E-state index in [0.29, 0.717) is 11.4 Å². The third-order valence-corrected chi connectivity index (χ3v) is 2.52. The van der Waals surface area contributed by atoms with Gasteiger partial charge in [-0.25, -0.2) is 4.98 Å². The molecule has 0 aliphatic heterocycles. The zero-order valence-corrected chi connectivity index (χ0v) is 10.6. The summed E-state index contributed by atoms with van der Waals surface area (Å²) in [6, 6.07) is 5.65. The van der Waals surface area contributed by atoms with Gasteiger partial charge in [0.1, 0.15) is 5.82 Å². The first-order chi connectivity index (χ1) is 8.69. The maximum absolute atomic E-state index is 11.9. The van der Waals surface area contributed by atoms with Crippen molar-refractivity contribution >= 4 is 11.7 Å². The molecule has 0 saturated heterocycles. The molecule has 0 bridgehead atoms. The zero-order chi connectivity index (χ0) is 13.0. The second-order valence-corrected chi connectivity index (χ2v) is 4.12. The number of hydrogen-bond donors (Lipinski definition) is 1. The highest BCUT2D eigenvalue weighted by Gasteiger charge is 2.08. The Balaban J connectivity index is 2.09. The number of nitrogens with one attached hydrogen (secondary N) is 1. The summed E-state index contributed by atoms with van der Waals surface area (Å²) in [7, 11) is 1.77. The number of aryl methyl sites for hydroxylation is 2. The van der Waals surface area contributed by atoms with Gasteiger partial charge in [0.2, 0.25) is 0 Å². The van der Waals surface area contributed by atoms with Crippen molar-refractivity contribution in [1.82, 2.24) is 14.8 Å². The number of hydrogen-bond acceptors (Lipinski definition) is 3. The number of rotatable bonds is 4. The van der Waals surface area contributed by atoms with E-state index in [1.54, 1.807) is 24.0 Å². The van der Waals surface area contributed by atoms with Crippen molar-refractivity contribution in [3.63, 3.8) is 0 Å². The SMILES string of the molecule is CCCc1cccc(NC(=O)c2cnn(C)c2)n1. The smallest absolute Gasteiger partial charge is 0.260 e. The van der Waals surface area contributed by atoms with Crippen molar-refractivity contribution < 1.29 is 4.79 Å². The molecule has 5 heteroatoms. The number of aromatic nitrogens is 3. The summed E-state index contributed by atoms with van der Waals surface area (Å²) in [5, 5.41) is 6.73. The monoisotopic (exact) mass is 244 g/mol. The topological polar surface area (TPSA) is 59.8 Å². The quantitative estimate of drug-likeness (QED) is 0.895. The minimum Gasteiger partial charge on any atom is -0.306 e. The molecule has 0 atom stereocenters. The third-order valence-electron chi connectivity index (χ3n) is 2.52. The molecule has 0 spiro atoms. The average molecular weight is 244 g/mol. The number of nitrogens with zero attached hydrogens (tertiary/aromatic N) is 3. The van der Waals surface area contributed by atoms with Gasteiger partial charge in [0.15, 0.2) is 0 Å². The van der Waals surface area contributed by atoms with Gasteiger partial charge in [-0.05, 0) is 18.6 Å². The standard InChI is InChI=1S/C13H16N4O/c1-3-5-11-6-4-7-12(15-11)16-13(18)10-8-14-17(2)9-10/h4,6-9H,3,5H2,1-2H3,(H,15,16,18). The molecule has 2 heterocycles. The molecule has 2 rings (SSSR count). The molecule has 1 amide bonds. The Morgan fingerprint density at radius 2 is 2.28 bits per heavy atom. The lowest BCUT2D eigenvalue weighted by Crippen LogP contribution is -2.12. The van der Waals surface area contributed by atoms with E-state index in [1.807, 2.05) is 12.1 Å². The molecule has 0 aliphatic carbocycles. The van der Waals surface area contributed by atoms with Crippen LogP contribution in [0.4, 0.5) is 5.82 Å². The minimum atomic E-state index is -0.191. The van der Waals surface area contributed by atoms with Gasteiger partial charge in [-0.1, -0.05) is 19.4 Å². The van der Waals surface area contributed by atoms with E-state index in [9.17, 15) is 4.79 Å². The maximum atomic E-state index is 11.9. The first-order valence-electron chi connectivity index (χ1n) is 5.95. The van der Waals surface area contributed by atoms with Gasteiger partial charge in [-0.2, -0.15) is 5.10 Å². The largest absolute Gasteiger partial charge is 0.306 e. The van der Waals surface area contributed by atoms with Crippen LogP contribution in [0.2, 0.25) is 0 Å². The predicted molar refractivity (Wildman–Crippen MR) is 69.4 cm³/mol. The highest BCUT2D eigenvalue weighted by Crippen LogP contribution is 2.08. The zero-order valence-electron chi connectivity index (χ0n) is 10.6. The van der Waals surface area contributed by atoms with Crippen LogP contribution in [0.15, 0.2) is 30.6 Å². The van der Waals surface area contributed by atoms with Crippen LogP contribution in [-0.4, -0.2) is 20.7 Å². The summed E-state index contributed by atoms with van der Waals surface area (Å²) < 4.78 is 1.59. The van der Waals surface area contributed by atoms with Crippen LogP contribution in [0.5, 0.6) is 0 Å². The number of amides is 1. The van der Waals surface area contributed by atoms with Gasteiger partial charge < -0.3 is 5.32 Å². The molecule has 5 nitrogen and oxygen atoms in total. The lowest BCUT2D eigenvalue weighted by atomic mass is 10.2. The summed E-state index contributed by atoms with van der Waals surface area (Å²) in [6.07, 6.45) is 5.15. The Hall–Kier alpha value is -2.17. The fraction of sp³-hybridized carbons (Fsp3) is 0.308. The van der Waals surface area contributed by atoms with Crippen LogP contribution in [0, 0.1) is 0 Å². The molecule has 18 heavy (non-hydrogen) atoms. The molecule has 0 fully saturated rings. The Morgan fingerprint density at radius 3 is 2.94 bits per heavy atom. The molecular weight excluding hydrogens is 228 g/mol. The summed E-state index contributed by atoms with van der Waals surface area (Å²) in [4.78, 5) is 16.3. The van der Waals surface area contributed by atoms with Crippen LogP contribution < -0.4 is 5.32 Å². The van der Waals surface area contributed by atoms with Crippen LogP contribution >= 0.6 is 0 Å². The van der Waals surface area contributed by atoms with E-state index in [0.717, 1.165) is 18.5 Å². The van der Waals surface area contributed by atoms with E-state index >= 15 is 0 Å². The Labute approximate surface area is 106 Å². The third kappa shape index (κ3) is 2.94. The van der Waals surface area contributed by atoms with Crippen LogP contribution in [0.1, 0.15) is 29.4 Å². The molecule has 1 N–H and O–H groups in total. The maximum Gasteiger partial charge on any atom is 0.260 e. The normalized spacial score (nSPS) is 10.3. The number of carbonyl (C=O) groups is 1. The number of pyridine rings is 1. The molecule has 2 aromatic rings. The molecule has 0 aromatic carbocycles. The second kappa shape index (κ2) is 5.44. The van der Waals surface area contributed by atoms with Gasteiger partial charge in [-0.3, -0.25) is 9.48 Å². The number of carbonyl (C=O) groups excluding carboxylic acids is 1. The van der Waals surface area contributed by atoms with Gasteiger partial charge in [0.05, 0.1) is 11.8 Å². The van der Waals surface area contributed by atoms with Gasteiger partial charge in [0.25, 0.3) is 5.91 Å². The molecule has 0 unspecified atom stereocenters. The fourth-order valence-corrected chi connectivity index (χ4v) is 1.67. The fourth-order valence-electron chi connectivity index (χ4n) is 1.67. The van der Waals surface area contributed by atoms with Crippen molar-refractivity contribution in [2.24, 2.45) is 7.05 Å². The Kier molecular flexibility index (Phi) is 3.72. The lowest BCUT2D eigenvalue weighted by molar-refractivity contribution is 0.102. The van der Waals surface area contributed by atoms with E-state index in [1.165, 1.54) is 6.20 Å². The van der Waals surface area contributed by atoms with E-state index < -0.39 is 0 Å². The summed E-state index contributed by atoms with van der Waals surface area (Å²) in [5.74, 6) is 0.388. The summed E-state index contributed by atoms with van der Waals surface area (Å²) in [5.41, 5.74) is 1.52. The van der Waals surface area contributed by atoms with Crippen molar-refractivity contribution in [3.8, 4) is 0 Å². The Bertz CT molecular complexity index is 547. The molecule has 94 valence electrons. The van der Waals surface area contributed by atoms with E-state index in [2.05, 4.69) is 22.3 Å². The predicted octanol–water partition coefficient (Wildman–Crippen LogP) is 2.02. The van der Waals surface area contributed by atoms with Crippen LogP contribution in [0.3, 0.4) is 0 Å². The molecule has 0 saturated carbocycles. The molecular formula is C13H16N4O. The van der Waals surface area contributed by atoms with Gasteiger partial charge in [0, 0.05) is 18.9 Å². The first-order valence-corrected chi connectivity index (χ1v) is 5.95. The Morgan fingerprint density at radius 1 is 1.44 bits per heavy atom.